The summed E-state index contributed by atoms with van der Waals surface area (Å²) >= 11 is 0. The number of halogens is 3. The maximum atomic E-state index is 14.2. The lowest BCUT2D eigenvalue weighted by Crippen LogP contribution is -2.43. The van der Waals surface area contributed by atoms with Crippen LogP contribution in [0.15, 0.2) is 42.5 Å². The summed E-state index contributed by atoms with van der Waals surface area (Å²) in [6.45, 7) is 6.33. The van der Waals surface area contributed by atoms with Gasteiger partial charge < -0.3 is 25.4 Å². The molecule has 3 rings (SSSR count). The monoisotopic (exact) mass is 465 g/mol. The highest BCUT2D eigenvalue weighted by atomic mass is 19.4. The van der Waals surface area contributed by atoms with E-state index in [1.807, 2.05) is 0 Å². The number of anilines is 2. The Morgan fingerprint density at radius 3 is 2.48 bits per heavy atom. The molecule has 1 heterocycles. The highest BCUT2D eigenvalue weighted by molar-refractivity contribution is 5.76. The van der Waals surface area contributed by atoms with E-state index in [2.05, 4.69) is 5.32 Å². The molecule has 0 unspecified atom stereocenters. The Hall–Kier alpha value is -3.10. The van der Waals surface area contributed by atoms with Crippen molar-refractivity contribution in [2.45, 2.75) is 45.4 Å². The second-order valence-electron chi connectivity index (χ2n) is 9.13. The average molecular weight is 466 g/mol. The van der Waals surface area contributed by atoms with Crippen LogP contribution < -0.4 is 20.7 Å². The van der Waals surface area contributed by atoms with Crippen molar-refractivity contribution in [2.24, 2.45) is 5.92 Å². The summed E-state index contributed by atoms with van der Waals surface area (Å²) in [7, 11) is 0. The highest BCUT2D eigenvalue weighted by Crippen LogP contribution is 2.47. The predicted octanol–water partition coefficient (Wildman–Crippen LogP) is 5.82. The van der Waals surface area contributed by atoms with Crippen molar-refractivity contribution in [1.29, 1.82) is 0 Å². The lowest BCUT2D eigenvalue weighted by Gasteiger charge is -2.37. The quantitative estimate of drug-likeness (QED) is 0.544. The minimum absolute atomic E-state index is 0.0310. The number of piperidine rings is 1. The molecule has 0 saturated carbocycles. The Balaban J connectivity index is 1.83. The van der Waals surface area contributed by atoms with E-state index in [0.29, 0.717) is 31.8 Å². The van der Waals surface area contributed by atoms with Gasteiger partial charge in [-0.25, -0.2) is 4.79 Å². The summed E-state index contributed by atoms with van der Waals surface area (Å²) in [6, 6.07) is 11.0. The third-order valence-electron chi connectivity index (χ3n) is 5.19. The fourth-order valence-electron chi connectivity index (χ4n) is 3.88. The zero-order valence-corrected chi connectivity index (χ0v) is 19.0. The fraction of sp³-hybridized carbons (Fsp3) is 0.458. The minimum atomic E-state index is -4.67. The zero-order chi connectivity index (χ0) is 24.2. The second-order valence-corrected chi connectivity index (χ2v) is 9.13. The molecule has 1 saturated heterocycles. The molecule has 0 spiro atoms. The van der Waals surface area contributed by atoms with Crippen molar-refractivity contribution in [3.8, 4) is 11.5 Å². The Kier molecular flexibility index (Phi) is 7.29. The van der Waals surface area contributed by atoms with Gasteiger partial charge in [-0.3, -0.25) is 0 Å². The van der Waals surface area contributed by atoms with Gasteiger partial charge in [0.05, 0.1) is 11.4 Å². The van der Waals surface area contributed by atoms with Crippen LogP contribution >= 0.6 is 0 Å². The van der Waals surface area contributed by atoms with Gasteiger partial charge in [0.25, 0.3) is 0 Å². The van der Waals surface area contributed by atoms with Crippen molar-refractivity contribution in [3.05, 3.63) is 48.0 Å². The Bertz CT molecular complexity index is 959. The minimum Gasteiger partial charge on any atom is -0.457 e. The number of amides is 1. The van der Waals surface area contributed by atoms with Crippen molar-refractivity contribution in [3.63, 3.8) is 0 Å². The predicted molar refractivity (Wildman–Crippen MR) is 122 cm³/mol. The summed E-state index contributed by atoms with van der Waals surface area (Å²) < 4.78 is 53.5. The number of nitrogen functional groups attached to an aromatic ring is 1. The van der Waals surface area contributed by atoms with Gasteiger partial charge in [-0.05, 0) is 63.8 Å². The summed E-state index contributed by atoms with van der Waals surface area (Å²) in [5.74, 6) is -0.0471. The third kappa shape index (κ3) is 6.69. The number of rotatable bonds is 5. The normalized spacial score (nSPS) is 16.9. The van der Waals surface area contributed by atoms with E-state index in [1.54, 1.807) is 56.0 Å². The van der Waals surface area contributed by atoms with E-state index in [9.17, 15) is 18.0 Å². The lowest BCUT2D eigenvalue weighted by molar-refractivity contribution is -0.138. The summed E-state index contributed by atoms with van der Waals surface area (Å²) in [6.07, 6.45) is -3.78. The van der Waals surface area contributed by atoms with Crippen LogP contribution in [-0.4, -0.2) is 31.3 Å². The molecule has 1 aliphatic rings. The highest BCUT2D eigenvalue weighted by Gasteiger charge is 2.41. The molecule has 1 atom stereocenters. The van der Waals surface area contributed by atoms with Crippen LogP contribution in [0.4, 0.5) is 29.3 Å². The number of benzene rings is 2. The van der Waals surface area contributed by atoms with Gasteiger partial charge in [-0.15, -0.1) is 0 Å². The van der Waals surface area contributed by atoms with Crippen LogP contribution in [0.3, 0.4) is 0 Å². The molecular weight excluding hydrogens is 435 g/mol. The second kappa shape index (κ2) is 9.80. The van der Waals surface area contributed by atoms with Gasteiger partial charge in [0.2, 0.25) is 0 Å². The molecular formula is C24H30F3N3O3. The largest absolute Gasteiger partial charge is 0.457 e. The smallest absolute Gasteiger partial charge is 0.422 e. The Morgan fingerprint density at radius 2 is 1.85 bits per heavy atom. The third-order valence-corrected chi connectivity index (χ3v) is 5.19. The molecule has 9 heteroatoms. The first kappa shape index (κ1) is 24.5. The number of alkyl halides is 3. The lowest BCUT2D eigenvalue weighted by atomic mass is 9.96. The van der Waals surface area contributed by atoms with Crippen LogP contribution in [0.2, 0.25) is 0 Å². The molecule has 1 fully saturated rings. The van der Waals surface area contributed by atoms with Gasteiger partial charge in [-0.1, -0.05) is 18.2 Å². The number of hydrogen-bond donors (Lipinski definition) is 2. The Labute approximate surface area is 191 Å². The standard InChI is InChI=1S/C24H30F3N3O3/c1-23(2,3)33-22(31)29-14-16-8-7-13-30(15-16)21-18(28)11-12-19(20(21)24(25,26)27)32-17-9-5-4-6-10-17/h4-6,9-12,16H,7-8,13-15,28H2,1-3H3,(H,29,31)/t16-/m0/s1. The number of alkyl carbamates (subject to hydrolysis) is 1. The molecule has 0 bridgehead atoms. The van der Waals surface area contributed by atoms with E-state index in [4.69, 9.17) is 15.2 Å². The van der Waals surface area contributed by atoms with Crippen molar-refractivity contribution < 1.29 is 27.4 Å². The number of nitrogens with zero attached hydrogens (tertiary/aromatic N) is 1. The van der Waals surface area contributed by atoms with E-state index < -0.39 is 23.4 Å². The van der Waals surface area contributed by atoms with E-state index in [-0.39, 0.29) is 23.0 Å². The number of carbonyl (C=O) groups is 1. The summed E-state index contributed by atoms with van der Waals surface area (Å²) in [4.78, 5) is 13.6. The number of nitrogens with one attached hydrogen (secondary N) is 1. The van der Waals surface area contributed by atoms with E-state index >= 15 is 0 Å². The van der Waals surface area contributed by atoms with Crippen LogP contribution in [0, 0.1) is 5.92 Å². The first-order chi connectivity index (χ1) is 15.4. The van der Waals surface area contributed by atoms with Gasteiger partial charge in [0, 0.05) is 19.6 Å². The maximum absolute atomic E-state index is 14.2. The average Bonchev–Trinajstić information content (AvgIpc) is 2.72. The molecule has 2 aromatic rings. The summed E-state index contributed by atoms with van der Waals surface area (Å²) in [5.41, 5.74) is 4.48. The van der Waals surface area contributed by atoms with Crippen molar-refractivity contribution in [1.82, 2.24) is 5.32 Å². The first-order valence-electron chi connectivity index (χ1n) is 10.9. The summed E-state index contributed by atoms with van der Waals surface area (Å²) in [5, 5.41) is 2.72. The molecule has 0 radical (unpaired) electrons. The molecule has 1 amide bonds. The molecule has 2 aromatic carbocycles. The van der Waals surface area contributed by atoms with Gasteiger partial charge in [0.1, 0.15) is 22.7 Å². The molecule has 3 N–H and O–H groups in total. The molecule has 0 aliphatic carbocycles. The van der Waals surface area contributed by atoms with Gasteiger partial charge >= 0.3 is 12.3 Å². The van der Waals surface area contributed by atoms with Gasteiger partial charge in [0.15, 0.2) is 0 Å². The van der Waals surface area contributed by atoms with Crippen molar-refractivity contribution >= 4 is 17.5 Å². The van der Waals surface area contributed by atoms with Crippen LogP contribution in [0.25, 0.3) is 0 Å². The number of ether oxygens (including phenoxy) is 2. The topological polar surface area (TPSA) is 76.8 Å². The number of carbonyl (C=O) groups excluding carboxylic acids is 1. The fourth-order valence-corrected chi connectivity index (χ4v) is 3.88. The van der Waals surface area contributed by atoms with Gasteiger partial charge in [-0.2, -0.15) is 13.2 Å². The van der Waals surface area contributed by atoms with Crippen LogP contribution in [-0.2, 0) is 10.9 Å². The number of para-hydroxylation sites is 1. The number of nitrogens with two attached hydrogens (primary N) is 1. The molecule has 180 valence electrons. The zero-order valence-electron chi connectivity index (χ0n) is 19.0. The first-order valence-corrected chi connectivity index (χ1v) is 10.9. The van der Waals surface area contributed by atoms with Crippen molar-refractivity contribution in [2.75, 3.05) is 30.3 Å². The molecule has 1 aliphatic heterocycles. The Morgan fingerprint density at radius 1 is 1.15 bits per heavy atom. The molecule has 6 nitrogen and oxygen atoms in total. The van der Waals surface area contributed by atoms with E-state index in [0.717, 1.165) is 6.42 Å². The molecule has 0 aromatic heterocycles. The van der Waals surface area contributed by atoms with Crippen LogP contribution in [0.1, 0.15) is 39.2 Å². The molecule has 33 heavy (non-hydrogen) atoms. The maximum Gasteiger partial charge on any atom is 0.422 e. The SMILES string of the molecule is CC(C)(C)OC(=O)NC[C@@H]1CCCN(c2c(N)ccc(Oc3ccccc3)c2C(F)(F)F)C1. The number of hydrogen-bond acceptors (Lipinski definition) is 5. The van der Waals surface area contributed by atoms with E-state index in [1.165, 1.54) is 12.1 Å². The van der Waals surface area contributed by atoms with Crippen LogP contribution in [0.5, 0.6) is 11.5 Å².